The molecule has 0 fully saturated rings. The lowest BCUT2D eigenvalue weighted by atomic mass is 10.2. The van der Waals surface area contributed by atoms with Crippen molar-refractivity contribution in [2.24, 2.45) is 5.10 Å². The van der Waals surface area contributed by atoms with E-state index < -0.39 is 0 Å². The first-order valence-electron chi connectivity index (χ1n) is 7.35. The Labute approximate surface area is 135 Å². The summed E-state index contributed by atoms with van der Waals surface area (Å²) in [6, 6.07) is 17.8. The first-order chi connectivity index (χ1) is 11.2. The lowest BCUT2D eigenvalue weighted by Crippen LogP contribution is -2.05. The van der Waals surface area contributed by atoms with E-state index in [0.717, 1.165) is 17.0 Å². The number of hydrogen-bond donors (Lipinski definition) is 1. The number of anilines is 1. The van der Waals surface area contributed by atoms with E-state index in [1.807, 2.05) is 68.4 Å². The van der Waals surface area contributed by atoms with Gasteiger partial charge in [-0.2, -0.15) is 10.2 Å². The van der Waals surface area contributed by atoms with Crippen LogP contribution in [0.25, 0.3) is 11.4 Å². The van der Waals surface area contributed by atoms with Crippen LogP contribution >= 0.6 is 0 Å². The zero-order valence-corrected chi connectivity index (χ0v) is 13.1. The van der Waals surface area contributed by atoms with E-state index in [1.54, 1.807) is 6.20 Å². The van der Waals surface area contributed by atoms with Gasteiger partial charge in [-0.3, -0.25) is 5.43 Å². The Bertz CT molecular complexity index is 828. The maximum Gasteiger partial charge on any atom is 0.182 e. The fraction of sp³-hybridized carbons (Fsp3) is 0.111. The minimum absolute atomic E-state index is 0.591. The average molecular weight is 303 g/mol. The van der Waals surface area contributed by atoms with Crippen LogP contribution in [0.1, 0.15) is 18.2 Å². The van der Waals surface area contributed by atoms with E-state index in [1.165, 1.54) is 5.56 Å². The summed E-state index contributed by atoms with van der Waals surface area (Å²) in [5.74, 6) is 0.591. The number of aromatic nitrogens is 3. The molecule has 0 aliphatic heterocycles. The Morgan fingerprint density at radius 2 is 1.87 bits per heavy atom. The highest BCUT2D eigenvalue weighted by Crippen LogP contribution is 2.13. The summed E-state index contributed by atoms with van der Waals surface area (Å²) in [5.41, 5.74) is 7.53. The van der Waals surface area contributed by atoms with Crippen molar-refractivity contribution in [3.63, 3.8) is 0 Å². The predicted octanol–water partition coefficient (Wildman–Crippen LogP) is 3.68. The second kappa shape index (κ2) is 6.79. The number of hydrogen-bond acceptors (Lipinski definition) is 5. The third-order valence-corrected chi connectivity index (χ3v) is 3.33. The molecule has 0 bridgehead atoms. The van der Waals surface area contributed by atoms with Crippen molar-refractivity contribution < 1.29 is 0 Å². The molecule has 0 unspecified atom stereocenters. The fourth-order valence-electron chi connectivity index (χ4n) is 2.11. The number of rotatable bonds is 4. The maximum atomic E-state index is 4.53. The minimum atomic E-state index is 0.591. The van der Waals surface area contributed by atoms with Crippen molar-refractivity contribution >= 4 is 11.4 Å². The van der Waals surface area contributed by atoms with Gasteiger partial charge in [-0.25, -0.2) is 4.98 Å². The van der Waals surface area contributed by atoms with E-state index in [9.17, 15) is 0 Å². The predicted molar refractivity (Wildman–Crippen MR) is 92.3 cm³/mol. The van der Waals surface area contributed by atoms with E-state index in [4.69, 9.17) is 0 Å². The van der Waals surface area contributed by atoms with Gasteiger partial charge in [0.05, 0.1) is 17.6 Å². The van der Waals surface area contributed by atoms with Gasteiger partial charge in [0.15, 0.2) is 5.82 Å². The molecule has 1 heterocycles. The Morgan fingerprint density at radius 1 is 1.04 bits per heavy atom. The van der Waals surface area contributed by atoms with Crippen LogP contribution in [0.15, 0.2) is 65.9 Å². The maximum absolute atomic E-state index is 4.53. The Kier molecular flexibility index (Phi) is 4.38. The molecule has 23 heavy (non-hydrogen) atoms. The van der Waals surface area contributed by atoms with Gasteiger partial charge in [-0.15, -0.1) is 5.10 Å². The van der Waals surface area contributed by atoms with Gasteiger partial charge >= 0.3 is 0 Å². The third kappa shape index (κ3) is 3.77. The lowest BCUT2D eigenvalue weighted by molar-refractivity contribution is 0.970. The van der Waals surface area contributed by atoms with Crippen molar-refractivity contribution in [3.05, 3.63) is 72.1 Å². The van der Waals surface area contributed by atoms with Gasteiger partial charge in [0.2, 0.25) is 0 Å². The molecule has 1 N–H and O–H groups in total. The summed E-state index contributed by atoms with van der Waals surface area (Å²) < 4.78 is 0. The quantitative estimate of drug-likeness (QED) is 0.590. The highest BCUT2D eigenvalue weighted by atomic mass is 15.3. The van der Waals surface area contributed by atoms with Crippen molar-refractivity contribution in [1.29, 1.82) is 0 Å². The number of nitrogens with zero attached hydrogens (tertiary/aromatic N) is 4. The summed E-state index contributed by atoms with van der Waals surface area (Å²) in [5, 5.41) is 12.5. The molecule has 0 saturated carbocycles. The van der Waals surface area contributed by atoms with Gasteiger partial charge in [0.1, 0.15) is 5.69 Å². The van der Waals surface area contributed by atoms with Gasteiger partial charge in [0.25, 0.3) is 0 Å². The van der Waals surface area contributed by atoms with Crippen LogP contribution in [0.3, 0.4) is 0 Å². The minimum Gasteiger partial charge on any atom is -0.278 e. The number of aryl methyl sites for hydroxylation is 1. The van der Waals surface area contributed by atoms with E-state index in [0.29, 0.717) is 11.5 Å². The molecule has 0 radical (unpaired) electrons. The van der Waals surface area contributed by atoms with Gasteiger partial charge < -0.3 is 0 Å². The molecule has 0 amide bonds. The first kappa shape index (κ1) is 14.8. The standard InChI is InChI=1S/C18H17N5/c1-13-7-6-10-16(11-13)22-21-14(2)17-12-19-23-18(20-17)15-8-4-3-5-9-15/h3-12,22H,1-2H3/b21-14+. The second-order valence-corrected chi connectivity index (χ2v) is 5.21. The second-order valence-electron chi connectivity index (χ2n) is 5.21. The van der Waals surface area contributed by atoms with E-state index in [-0.39, 0.29) is 0 Å². The molecule has 3 aromatic rings. The van der Waals surface area contributed by atoms with Crippen molar-refractivity contribution in [2.75, 3.05) is 5.43 Å². The summed E-state index contributed by atoms with van der Waals surface area (Å²) in [4.78, 5) is 4.53. The smallest absolute Gasteiger partial charge is 0.182 e. The molecule has 0 saturated heterocycles. The summed E-state index contributed by atoms with van der Waals surface area (Å²) in [6.45, 7) is 3.93. The molecule has 2 aromatic carbocycles. The van der Waals surface area contributed by atoms with Crippen molar-refractivity contribution in [1.82, 2.24) is 15.2 Å². The molecule has 3 rings (SSSR count). The molecule has 0 spiro atoms. The van der Waals surface area contributed by atoms with Gasteiger partial charge in [0, 0.05) is 5.56 Å². The molecule has 0 atom stereocenters. The molecular formula is C18H17N5. The molecule has 5 heteroatoms. The van der Waals surface area contributed by atoms with Crippen LogP contribution in [-0.2, 0) is 0 Å². The van der Waals surface area contributed by atoms with Crippen LogP contribution in [-0.4, -0.2) is 20.9 Å². The number of nitrogens with one attached hydrogen (secondary N) is 1. The number of benzene rings is 2. The van der Waals surface area contributed by atoms with Crippen LogP contribution in [0.5, 0.6) is 0 Å². The largest absolute Gasteiger partial charge is 0.278 e. The Morgan fingerprint density at radius 3 is 2.65 bits per heavy atom. The lowest BCUT2D eigenvalue weighted by Gasteiger charge is -2.05. The van der Waals surface area contributed by atoms with Crippen molar-refractivity contribution in [3.8, 4) is 11.4 Å². The van der Waals surface area contributed by atoms with Crippen LogP contribution in [0, 0.1) is 6.92 Å². The normalized spacial score (nSPS) is 11.3. The summed E-state index contributed by atoms with van der Waals surface area (Å²) >= 11 is 0. The van der Waals surface area contributed by atoms with E-state index >= 15 is 0 Å². The molecule has 114 valence electrons. The average Bonchev–Trinajstić information content (AvgIpc) is 2.61. The number of hydrazone groups is 1. The Hall–Kier alpha value is -3.08. The van der Waals surface area contributed by atoms with Crippen LogP contribution in [0.2, 0.25) is 0 Å². The van der Waals surface area contributed by atoms with Crippen LogP contribution < -0.4 is 5.43 Å². The highest BCUT2D eigenvalue weighted by molar-refractivity contribution is 5.97. The monoisotopic (exact) mass is 303 g/mol. The van der Waals surface area contributed by atoms with E-state index in [2.05, 4.69) is 25.7 Å². The summed E-state index contributed by atoms with van der Waals surface area (Å²) in [7, 11) is 0. The topological polar surface area (TPSA) is 63.1 Å². The zero-order chi connectivity index (χ0) is 16.1. The highest BCUT2D eigenvalue weighted by Gasteiger charge is 2.05. The molecule has 5 nitrogen and oxygen atoms in total. The van der Waals surface area contributed by atoms with Crippen LogP contribution in [0.4, 0.5) is 5.69 Å². The van der Waals surface area contributed by atoms with Gasteiger partial charge in [-0.05, 0) is 31.5 Å². The zero-order valence-electron chi connectivity index (χ0n) is 13.1. The Balaban J connectivity index is 1.82. The van der Waals surface area contributed by atoms with Crippen molar-refractivity contribution in [2.45, 2.75) is 13.8 Å². The fourth-order valence-corrected chi connectivity index (χ4v) is 2.11. The molecule has 0 aliphatic rings. The third-order valence-electron chi connectivity index (χ3n) is 3.33. The summed E-state index contributed by atoms with van der Waals surface area (Å²) in [6.07, 6.45) is 1.61. The first-order valence-corrected chi connectivity index (χ1v) is 7.35. The molecule has 0 aliphatic carbocycles. The van der Waals surface area contributed by atoms with Gasteiger partial charge in [-0.1, -0.05) is 42.5 Å². The SMILES string of the molecule is C/C(=N\Nc1cccc(C)c1)c1cnnc(-c2ccccc2)n1. The molecule has 1 aromatic heterocycles. The molecular weight excluding hydrogens is 286 g/mol.